The maximum atomic E-state index is 10.7. The lowest BCUT2D eigenvalue weighted by molar-refractivity contribution is 0.367. The molecule has 13 heavy (non-hydrogen) atoms. The molecular formula is C10H16O3. The zero-order chi connectivity index (χ0) is 9.68. The first kappa shape index (κ1) is 10.1. The lowest BCUT2D eigenvalue weighted by Gasteiger charge is -1.95. The summed E-state index contributed by atoms with van der Waals surface area (Å²) in [4.78, 5) is 10.7. The molecule has 1 heterocycles. The van der Waals surface area contributed by atoms with Crippen LogP contribution < -0.4 is 5.82 Å². The van der Waals surface area contributed by atoms with E-state index in [0.29, 0.717) is 11.5 Å². The predicted octanol–water partition coefficient (Wildman–Crippen LogP) is 2.66. The minimum absolute atomic E-state index is 0.581. The van der Waals surface area contributed by atoms with Crippen molar-refractivity contribution in [2.24, 2.45) is 0 Å². The molecule has 0 atom stereocenters. The van der Waals surface area contributed by atoms with Crippen molar-refractivity contribution in [3.8, 4) is 0 Å². The van der Waals surface area contributed by atoms with Crippen LogP contribution in [0.4, 0.5) is 0 Å². The van der Waals surface area contributed by atoms with Gasteiger partial charge in [-0.15, -0.1) is 0 Å². The molecule has 74 valence electrons. The van der Waals surface area contributed by atoms with Gasteiger partial charge in [0, 0.05) is 6.42 Å². The average molecular weight is 184 g/mol. The Bertz CT molecular complexity index is 295. The molecule has 0 aromatic carbocycles. The lowest BCUT2D eigenvalue weighted by atomic mass is 10.1. The Kier molecular flexibility index (Phi) is 3.80. The molecule has 0 spiro atoms. The molecule has 0 saturated carbocycles. The Balaban J connectivity index is 2.36. The van der Waals surface area contributed by atoms with Crippen molar-refractivity contribution >= 4 is 0 Å². The van der Waals surface area contributed by atoms with Crippen LogP contribution in [-0.2, 0) is 6.42 Å². The second-order valence-corrected chi connectivity index (χ2v) is 3.24. The highest BCUT2D eigenvalue weighted by molar-refractivity contribution is 5.00. The molecule has 1 aromatic heterocycles. The van der Waals surface area contributed by atoms with Crippen molar-refractivity contribution in [2.75, 3.05) is 0 Å². The number of aryl methyl sites for hydroxylation is 2. The van der Waals surface area contributed by atoms with Crippen LogP contribution >= 0.6 is 0 Å². The van der Waals surface area contributed by atoms with Gasteiger partial charge >= 0.3 is 5.82 Å². The van der Waals surface area contributed by atoms with E-state index in [1.54, 1.807) is 6.92 Å². The highest BCUT2D eigenvalue weighted by Crippen LogP contribution is 2.10. The second-order valence-electron chi connectivity index (χ2n) is 3.24. The van der Waals surface area contributed by atoms with Gasteiger partial charge < -0.3 is 8.83 Å². The van der Waals surface area contributed by atoms with Crippen molar-refractivity contribution in [1.29, 1.82) is 0 Å². The van der Waals surface area contributed by atoms with Crippen LogP contribution in [0.1, 0.15) is 44.1 Å². The quantitative estimate of drug-likeness (QED) is 0.661. The third-order valence-corrected chi connectivity index (χ3v) is 2.09. The molecule has 0 N–H and O–H groups in total. The van der Waals surface area contributed by atoms with Crippen LogP contribution in [0.5, 0.6) is 0 Å². The van der Waals surface area contributed by atoms with E-state index in [-0.39, 0.29) is 0 Å². The molecule has 0 saturated heterocycles. The third kappa shape index (κ3) is 3.09. The molecule has 0 aliphatic carbocycles. The predicted molar refractivity (Wildman–Crippen MR) is 49.8 cm³/mol. The van der Waals surface area contributed by atoms with Crippen molar-refractivity contribution in [3.63, 3.8) is 0 Å². The Hall–Kier alpha value is -0.990. The van der Waals surface area contributed by atoms with E-state index >= 15 is 0 Å². The van der Waals surface area contributed by atoms with Crippen LogP contribution in [0.25, 0.3) is 0 Å². The molecule has 0 aliphatic rings. The van der Waals surface area contributed by atoms with Gasteiger partial charge in [-0.05, 0) is 13.3 Å². The van der Waals surface area contributed by atoms with Gasteiger partial charge in [0.05, 0.1) is 0 Å². The summed E-state index contributed by atoms with van der Waals surface area (Å²) in [6.07, 6.45) is 5.52. The first-order valence-corrected chi connectivity index (χ1v) is 4.83. The number of rotatable bonds is 5. The summed E-state index contributed by atoms with van der Waals surface area (Å²) in [6.45, 7) is 3.93. The van der Waals surface area contributed by atoms with Crippen molar-refractivity contribution in [2.45, 2.75) is 46.0 Å². The summed E-state index contributed by atoms with van der Waals surface area (Å²) in [5.74, 6) is 0.755. The summed E-state index contributed by atoms with van der Waals surface area (Å²) in [5.41, 5.74) is 0. The third-order valence-electron chi connectivity index (χ3n) is 2.09. The second kappa shape index (κ2) is 4.90. The first-order chi connectivity index (χ1) is 6.24. The van der Waals surface area contributed by atoms with E-state index < -0.39 is 5.82 Å². The van der Waals surface area contributed by atoms with Crippen LogP contribution in [-0.4, -0.2) is 0 Å². The fourth-order valence-electron chi connectivity index (χ4n) is 1.31. The molecule has 1 rings (SSSR count). The van der Waals surface area contributed by atoms with Gasteiger partial charge in [-0.3, -0.25) is 0 Å². The summed E-state index contributed by atoms with van der Waals surface area (Å²) in [7, 11) is 0. The maximum absolute atomic E-state index is 10.7. The molecule has 0 bridgehead atoms. The van der Waals surface area contributed by atoms with Gasteiger partial charge in [-0.25, -0.2) is 4.79 Å². The lowest BCUT2D eigenvalue weighted by Crippen LogP contribution is -1.88. The van der Waals surface area contributed by atoms with E-state index in [4.69, 9.17) is 8.83 Å². The fraction of sp³-hybridized carbons (Fsp3) is 0.700. The number of hydrogen-bond acceptors (Lipinski definition) is 3. The van der Waals surface area contributed by atoms with E-state index in [2.05, 4.69) is 6.92 Å². The Morgan fingerprint density at radius 1 is 1.15 bits per heavy atom. The van der Waals surface area contributed by atoms with Crippen LogP contribution in [0, 0.1) is 6.92 Å². The van der Waals surface area contributed by atoms with E-state index in [1.165, 1.54) is 19.3 Å². The highest BCUT2D eigenvalue weighted by Gasteiger charge is 2.06. The van der Waals surface area contributed by atoms with Gasteiger partial charge in [-0.1, -0.05) is 26.2 Å². The summed E-state index contributed by atoms with van der Waals surface area (Å²) in [6, 6.07) is 0. The Morgan fingerprint density at radius 2 is 1.92 bits per heavy atom. The van der Waals surface area contributed by atoms with Gasteiger partial charge in [-0.2, -0.15) is 0 Å². The smallest absolute Gasteiger partial charge is 0.396 e. The Labute approximate surface area is 77.7 Å². The van der Waals surface area contributed by atoms with Gasteiger partial charge in [0.15, 0.2) is 0 Å². The summed E-state index contributed by atoms with van der Waals surface area (Å²) < 4.78 is 9.62. The molecule has 3 nitrogen and oxygen atoms in total. The first-order valence-electron chi connectivity index (χ1n) is 4.83. The van der Waals surface area contributed by atoms with E-state index in [1.807, 2.05) is 0 Å². The number of unbranched alkanes of at least 4 members (excludes halogenated alkanes) is 3. The zero-order valence-corrected chi connectivity index (χ0v) is 8.26. The summed E-state index contributed by atoms with van der Waals surface area (Å²) >= 11 is 0. The minimum Gasteiger partial charge on any atom is -0.396 e. The van der Waals surface area contributed by atoms with Gasteiger partial charge in [0.1, 0.15) is 11.5 Å². The van der Waals surface area contributed by atoms with Gasteiger partial charge in [0.25, 0.3) is 0 Å². The monoisotopic (exact) mass is 184 g/mol. The molecular weight excluding hydrogens is 168 g/mol. The topological polar surface area (TPSA) is 43.4 Å². The largest absolute Gasteiger partial charge is 0.519 e. The summed E-state index contributed by atoms with van der Waals surface area (Å²) in [5, 5.41) is 0. The highest BCUT2D eigenvalue weighted by atomic mass is 16.6. The van der Waals surface area contributed by atoms with Crippen LogP contribution in [0.2, 0.25) is 0 Å². The maximum Gasteiger partial charge on any atom is 0.519 e. The van der Waals surface area contributed by atoms with Crippen LogP contribution in [0.3, 0.4) is 0 Å². The average Bonchev–Trinajstić information content (AvgIpc) is 2.39. The van der Waals surface area contributed by atoms with E-state index in [0.717, 1.165) is 12.8 Å². The van der Waals surface area contributed by atoms with Crippen molar-refractivity contribution < 1.29 is 8.83 Å². The van der Waals surface area contributed by atoms with E-state index in [9.17, 15) is 4.79 Å². The molecule has 0 fully saturated rings. The number of hydrogen-bond donors (Lipinski definition) is 0. The van der Waals surface area contributed by atoms with Crippen molar-refractivity contribution in [1.82, 2.24) is 0 Å². The molecule has 0 radical (unpaired) electrons. The molecule has 0 unspecified atom stereocenters. The standard InChI is InChI=1S/C10H16O3/c1-3-4-5-6-7-9-8(2)12-10(11)13-9/h3-7H2,1-2H3. The van der Waals surface area contributed by atoms with Crippen molar-refractivity contribution in [3.05, 3.63) is 22.1 Å². The molecule has 0 amide bonds. The van der Waals surface area contributed by atoms with Gasteiger partial charge in [0.2, 0.25) is 0 Å². The SMILES string of the molecule is CCCCCCc1oc(=O)oc1C. The molecule has 1 aromatic rings. The molecule has 0 aliphatic heterocycles. The zero-order valence-electron chi connectivity index (χ0n) is 8.26. The fourth-order valence-corrected chi connectivity index (χ4v) is 1.31. The normalized spacial score (nSPS) is 10.6. The molecule has 3 heteroatoms. The minimum atomic E-state index is -0.581. The Morgan fingerprint density at radius 3 is 2.46 bits per heavy atom. The van der Waals surface area contributed by atoms with Crippen LogP contribution in [0.15, 0.2) is 13.6 Å².